The molecule has 9 heavy (non-hydrogen) atoms. The zero-order valence-corrected chi connectivity index (χ0v) is 5.77. The molecule has 0 atom stereocenters. The van der Waals surface area contributed by atoms with Crippen LogP contribution in [0.3, 0.4) is 0 Å². The molecule has 52 valence electrons. The monoisotopic (exact) mass is 130 g/mol. The second kappa shape index (κ2) is 3.82. The second-order valence-electron chi connectivity index (χ2n) is 1.71. The molecular weight excluding hydrogens is 120 g/mol. The highest BCUT2D eigenvalue weighted by Gasteiger charge is 1.84. The van der Waals surface area contributed by atoms with Gasteiger partial charge < -0.3 is 0 Å². The second-order valence-corrected chi connectivity index (χ2v) is 1.71. The van der Waals surface area contributed by atoms with Crippen molar-refractivity contribution in [2.45, 2.75) is 0 Å². The van der Waals surface area contributed by atoms with Crippen LogP contribution in [0.4, 0.5) is 0 Å². The van der Waals surface area contributed by atoms with Crippen LogP contribution in [0.2, 0.25) is 0 Å². The minimum absolute atomic E-state index is 0.576. The van der Waals surface area contributed by atoms with E-state index >= 15 is 0 Å². The van der Waals surface area contributed by atoms with Gasteiger partial charge in [0.1, 0.15) is 0 Å². The zero-order chi connectivity index (χ0) is 7.28. The molecule has 0 aliphatic rings. The molecule has 0 unspecified atom stereocenters. The van der Waals surface area contributed by atoms with Gasteiger partial charge in [-0.1, -0.05) is 5.22 Å². The van der Waals surface area contributed by atoms with Gasteiger partial charge in [0, 0.05) is 21.1 Å². The smallest absolute Gasteiger partial charge is 0.231 e. The summed E-state index contributed by atoms with van der Waals surface area (Å²) < 4.78 is 0. The number of carbonyl (C=O) groups is 1. The molecule has 0 rings (SSSR count). The minimum Gasteiger partial charge on any atom is -0.283 e. The molecule has 5 nitrogen and oxygen atoms in total. The van der Waals surface area contributed by atoms with Gasteiger partial charge in [0.15, 0.2) is 0 Å². The van der Waals surface area contributed by atoms with Gasteiger partial charge in [-0.2, -0.15) is 0 Å². The molecule has 0 aliphatic heterocycles. The van der Waals surface area contributed by atoms with Crippen molar-refractivity contribution in [1.82, 2.24) is 10.0 Å². The van der Waals surface area contributed by atoms with Crippen molar-refractivity contribution in [1.29, 1.82) is 0 Å². The average Bonchev–Trinajstić information content (AvgIpc) is 1.83. The maximum Gasteiger partial charge on any atom is 0.231 e. The summed E-state index contributed by atoms with van der Waals surface area (Å²) in [5.41, 5.74) is 0. The molecule has 0 N–H and O–H groups in total. The highest BCUT2D eigenvalue weighted by Crippen LogP contribution is 1.81. The predicted molar refractivity (Wildman–Crippen MR) is 32.4 cm³/mol. The maximum absolute atomic E-state index is 9.87. The highest BCUT2D eigenvalue weighted by atomic mass is 16.1. The van der Waals surface area contributed by atoms with Gasteiger partial charge in [0.05, 0.1) is 0 Å². The first-order valence-corrected chi connectivity index (χ1v) is 2.44. The largest absolute Gasteiger partial charge is 0.283 e. The van der Waals surface area contributed by atoms with E-state index in [1.54, 1.807) is 14.1 Å². The van der Waals surface area contributed by atoms with Gasteiger partial charge in [-0.15, -0.1) is 0 Å². The fourth-order valence-electron chi connectivity index (χ4n) is 0.164. The summed E-state index contributed by atoms with van der Waals surface area (Å²) in [4.78, 5) is 9.87. The van der Waals surface area contributed by atoms with Crippen molar-refractivity contribution >= 4 is 6.41 Å². The summed E-state index contributed by atoms with van der Waals surface area (Å²) in [5.74, 6) is 0. The van der Waals surface area contributed by atoms with E-state index in [1.807, 2.05) is 0 Å². The van der Waals surface area contributed by atoms with Crippen LogP contribution in [0.5, 0.6) is 0 Å². The Morgan fingerprint density at radius 3 is 2.11 bits per heavy atom. The van der Waals surface area contributed by atoms with Crippen LogP contribution >= 0.6 is 0 Å². The molecule has 5 heteroatoms. The Kier molecular flexibility index (Phi) is 3.34. The molecular formula is C4H10N4O. The molecule has 1 amide bonds. The van der Waals surface area contributed by atoms with Crippen LogP contribution in [-0.2, 0) is 4.79 Å². The molecule has 0 radical (unpaired) electrons. The van der Waals surface area contributed by atoms with Crippen molar-refractivity contribution in [3.05, 3.63) is 0 Å². The van der Waals surface area contributed by atoms with E-state index in [9.17, 15) is 4.79 Å². The van der Waals surface area contributed by atoms with E-state index in [-0.39, 0.29) is 0 Å². The topological polar surface area (TPSA) is 48.3 Å². The van der Waals surface area contributed by atoms with Crippen molar-refractivity contribution in [3.8, 4) is 0 Å². The molecule has 0 spiro atoms. The Balaban J connectivity index is 3.56. The predicted octanol–water partition coefficient (Wildman–Crippen LogP) is -0.0816. The van der Waals surface area contributed by atoms with E-state index in [0.29, 0.717) is 6.41 Å². The Morgan fingerprint density at radius 1 is 1.22 bits per heavy atom. The lowest BCUT2D eigenvalue weighted by Crippen LogP contribution is -2.09. The highest BCUT2D eigenvalue weighted by molar-refractivity contribution is 5.45. The third kappa shape index (κ3) is 4.73. The minimum atomic E-state index is 0.576. The van der Waals surface area contributed by atoms with Crippen molar-refractivity contribution in [2.75, 3.05) is 21.1 Å². The summed E-state index contributed by atoms with van der Waals surface area (Å²) in [7, 11) is 4.96. The first kappa shape index (κ1) is 7.87. The molecule has 0 bridgehead atoms. The van der Waals surface area contributed by atoms with Gasteiger partial charge in [-0.3, -0.25) is 9.80 Å². The summed E-state index contributed by atoms with van der Waals surface area (Å²) in [5, 5.41) is 9.59. The summed E-state index contributed by atoms with van der Waals surface area (Å²) in [6, 6.07) is 0. The lowest BCUT2D eigenvalue weighted by Gasteiger charge is -2.02. The number of nitrogens with zero attached hydrogens (tertiary/aromatic N) is 4. The van der Waals surface area contributed by atoms with Gasteiger partial charge in [0.2, 0.25) is 6.41 Å². The van der Waals surface area contributed by atoms with Crippen LogP contribution < -0.4 is 0 Å². The Hall–Kier alpha value is -1.13. The van der Waals surface area contributed by atoms with E-state index in [4.69, 9.17) is 0 Å². The summed E-state index contributed by atoms with van der Waals surface area (Å²) in [6.07, 6.45) is 0.576. The average molecular weight is 130 g/mol. The Morgan fingerprint density at radius 2 is 1.78 bits per heavy atom. The molecule has 0 aliphatic carbocycles. The normalized spacial score (nSPS) is 9.67. The van der Waals surface area contributed by atoms with Gasteiger partial charge in [-0.05, 0) is 5.22 Å². The number of carbonyl (C=O) groups excluding carboxylic acids is 1. The van der Waals surface area contributed by atoms with Gasteiger partial charge >= 0.3 is 0 Å². The molecule has 0 aromatic rings. The van der Waals surface area contributed by atoms with Crippen molar-refractivity contribution < 1.29 is 4.79 Å². The van der Waals surface area contributed by atoms with Crippen LogP contribution in [0.15, 0.2) is 10.4 Å². The first-order chi connectivity index (χ1) is 4.16. The standard InChI is InChI=1S/C4H10N4O/c1-7(2)5-6-8(3)4-9/h4H,1-3H3. The van der Waals surface area contributed by atoms with Gasteiger partial charge in [0.25, 0.3) is 0 Å². The number of hydrogen-bond acceptors (Lipinski definition) is 3. The van der Waals surface area contributed by atoms with E-state index < -0.39 is 0 Å². The fraction of sp³-hybridized carbons (Fsp3) is 0.750. The van der Waals surface area contributed by atoms with E-state index in [2.05, 4.69) is 10.4 Å². The lowest BCUT2D eigenvalue weighted by molar-refractivity contribution is -0.117. The maximum atomic E-state index is 9.87. The number of rotatable bonds is 3. The van der Waals surface area contributed by atoms with Crippen molar-refractivity contribution in [2.24, 2.45) is 10.4 Å². The molecule has 0 saturated heterocycles. The van der Waals surface area contributed by atoms with E-state index in [0.717, 1.165) is 5.01 Å². The quantitative estimate of drug-likeness (QED) is 0.305. The fourth-order valence-corrected chi connectivity index (χ4v) is 0.164. The van der Waals surface area contributed by atoms with Crippen LogP contribution in [0.1, 0.15) is 0 Å². The third-order valence-electron chi connectivity index (χ3n) is 0.513. The third-order valence-corrected chi connectivity index (χ3v) is 0.513. The van der Waals surface area contributed by atoms with Gasteiger partial charge in [-0.25, -0.2) is 5.01 Å². The van der Waals surface area contributed by atoms with Crippen LogP contribution in [-0.4, -0.2) is 37.6 Å². The Labute approximate surface area is 53.9 Å². The lowest BCUT2D eigenvalue weighted by atomic mass is 11.1. The van der Waals surface area contributed by atoms with Crippen molar-refractivity contribution in [3.63, 3.8) is 0 Å². The zero-order valence-electron chi connectivity index (χ0n) is 5.77. The number of amides is 1. The molecule has 0 aromatic heterocycles. The number of hydrogen-bond donors (Lipinski definition) is 0. The van der Waals surface area contributed by atoms with Crippen LogP contribution in [0.25, 0.3) is 0 Å². The molecule has 0 fully saturated rings. The molecule has 0 heterocycles. The molecule has 0 aromatic carbocycles. The molecule has 0 saturated carbocycles. The SMILES string of the molecule is CN(C)N=NN(C)C=O. The summed E-state index contributed by atoms with van der Waals surface area (Å²) >= 11 is 0. The summed E-state index contributed by atoms with van der Waals surface area (Å²) in [6.45, 7) is 0. The first-order valence-electron chi connectivity index (χ1n) is 2.44. The Bertz CT molecular complexity index is 111. The van der Waals surface area contributed by atoms with Crippen LogP contribution in [0, 0.1) is 0 Å². The van der Waals surface area contributed by atoms with E-state index in [1.165, 1.54) is 12.1 Å².